The molecule has 1 atom stereocenters. The number of hydrogen-bond acceptors (Lipinski definition) is 6. The number of aromatic nitrogens is 1. The number of morpholine rings is 1. The molecule has 0 unspecified atom stereocenters. The van der Waals surface area contributed by atoms with Crippen molar-refractivity contribution < 1.29 is 36.9 Å². The normalized spacial score (nSPS) is 18.4. The van der Waals surface area contributed by atoms with E-state index < -0.39 is 30.5 Å². The van der Waals surface area contributed by atoms with Crippen LogP contribution in [-0.2, 0) is 4.74 Å². The number of likely N-dealkylation sites (tertiary alicyclic amines) is 1. The number of anilines is 2. The van der Waals surface area contributed by atoms with Crippen LogP contribution in [0.3, 0.4) is 0 Å². The van der Waals surface area contributed by atoms with Gasteiger partial charge in [-0.3, -0.25) is 0 Å². The number of urea groups is 1. The number of pyridine rings is 1. The Hall–Kier alpha value is -3.12. The number of amides is 2. The van der Waals surface area contributed by atoms with Crippen molar-refractivity contribution in [1.82, 2.24) is 9.88 Å². The molecule has 12 heteroatoms. The Balaban J connectivity index is 1.60. The number of benzene rings is 1. The molecule has 1 aromatic heterocycles. The Morgan fingerprint density at radius 3 is 2.67 bits per heavy atom. The van der Waals surface area contributed by atoms with Crippen molar-refractivity contribution in [3.8, 4) is 17.0 Å². The Kier molecular flexibility index (Phi) is 7.84. The fraction of sp³-hybridized carbons (Fsp3) is 0.500. The van der Waals surface area contributed by atoms with Gasteiger partial charge in [0.05, 0.1) is 31.4 Å². The third-order valence-corrected chi connectivity index (χ3v) is 6.32. The smallest absolute Gasteiger partial charge is 0.393 e. The van der Waals surface area contributed by atoms with E-state index in [0.29, 0.717) is 54.6 Å². The maximum Gasteiger partial charge on any atom is 0.393 e. The number of carbonyl (C=O) groups is 1. The van der Waals surface area contributed by atoms with Crippen molar-refractivity contribution in [3.63, 3.8) is 0 Å². The van der Waals surface area contributed by atoms with Gasteiger partial charge < -0.3 is 29.7 Å². The van der Waals surface area contributed by atoms with Crippen molar-refractivity contribution in [2.45, 2.75) is 19.5 Å². The molecule has 36 heavy (non-hydrogen) atoms. The summed E-state index contributed by atoms with van der Waals surface area (Å²) in [6.07, 6.45) is -3.01. The Morgan fingerprint density at radius 1 is 1.25 bits per heavy atom. The maximum absolute atomic E-state index is 14.7. The van der Waals surface area contributed by atoms with Crippen LogP contribution >= 0.6 is 0 Å². The summed E-state index contributed by atoms with van der Waals surface area (Å²) < 4.78 is 64.7. The largest absolute Gasteiger partial charge is 0.474 e. The zero-order valence-electron chi connectivity index (χ0n) is 19.8. The molecule has 3 heterocycles. The summed E-state index contributed by atoms with van der Waals surface area (Å²) in [5, 5.41) is 11.6. The molecular weight excluding hydrogens is 484 g/mol. The minimum Gasteiger partial charge on any atom is -0.474 e. The second kappa shape index (κ2) is 10.9. The predicted molar refractivity (Wildman–Crippen MR) is 125 cm³/mol. The summed E-state index contributed by atoms with van der Waals surface area (Å²) in [4.78, 5) is 20.1. The van der Waals surface area contributed by atoms with Crippen LogP contribution in [0.2, 0.25) is 0 Å². The summed E-state index contributed by atoms with van der Waals surface area (Å²) in [6, 6.07) is 3.77. The van der Waals surface area contributed by atoms with Crippen LogP contribution in [-0.4, -0.2) is 79.8 Å². The fourth-order valence-electron chi connectivity index (χ4n) is 4.36. The number of nitrogens with one attached hydrogen (secondary N) is 1. The highest BCUT2D eigenvalue weighted by Gasteiger charge is 2.44. The van der Waals surface area contributed by atoms with Crippen LogP contribution in [0.1, 0.15) is 12.0 Å². The van der Waals surface area contributed by atoms with Crippen LogP contribution in [0.25, 0.3) is 11.1 Å². The molecule has 196 valence electrons. The minimum atomic E-state index is -4.38. The molecule has 2 saturated heterocycles. The Morgan fingerprint density at radius 2 is 2.00 bits per heavy atom. The molecule has 0 aliphatic carbocycles. The Bertz CT molecular complexity index is 1090. The molecule has 0 radical (unpaired) electrons. The standard InChI is InChI=1S/C24H28F4N4O4/c1-15-10-19(25)20(30-23(34)32-3-2-17(14-32)24(26,27)28)12-18(15)16-11-21(31-4-7-35-8-5-31)22(29-13-16)36-9-6-33/h10-13,17,33H,2-9,14H2,1H3,(H,30,34)/t17-/m1/s1. The molecule has 2 aromatic rings. The summed E-state index contributed by atoms with van der Waals surface area (Å²) in [5.41, 5.74) is 2.37. The lowest BCUT2D eigenvalue weighted by molar-refractivity contribution is -0.169. The van der Waals surface area contributed by atoms with Crippen LogP contribution in [0, 0.1) is 18.7 Å². The molecule has 0 bridgehead atoms. The molecule has 2 aliphatic heterocycles. The number of rotatable bonds is 6. The third-order valence-electron chi connectivity index (χ3n) is 6.32. The number of alkyl halides is 3. The van der Waals surface area contributed by atoms with Gasteiger partial charge in [-0.1, -0.05) is 0 Å². The third kappa shape index (κ3) is 5.81. The van der Waals surface area contributed by atoms with Gasteiger partial charge >= 0.3 is 12.2 Å². The number of nitrogens with zero attached hydrogens (tertiary/aromatic N) is 3. The zero-order valence-corrected chi connectivity index (χ0v) is 19.8. The van der Waals surface area contributed by atoms with Gasteiger partial charge in [-0.25, -0.2) is 14.2 Å². The van der Waals surface area contributed by atoms with E-state index in [1.54, 1.807) is 13.1 Å². The molecule has 2 N–H and O–H groups in total. The SMILES string of the molecule is Cc1cc(F)c(NC(=O)N2CC[C@@H](C(F)(F)F)C2)cc1-c1cnc(OCCO)c(N2CCOCC2)c1. The lowest BCUT2D eigenvalue weighted by Gasteiger charge is -2.30. The molecule has 4 rings (SSSR count). The number of aryl methyl sites for hydroxylation is 1. The summed E-state index contributed by atoms with van der Waals surface area (Å²) in [6.45, 7) is 3.37. The van der Waals surface area contributed by atoms with Crippen LogP contribution in [0.5, 0.6) is 5.88 Å². The molecule has 0 spiro atoms. The van der Waals surface area contributed by atoms with E-state index in [2.05, 4.69) is 10.3 Å². The van der Waals surface area contributed by atoms with Gasteiger partial charge in [-0.15, -0.1) is 0 Å². The van der Waals surface area contributed by atoms with E-state index in [-0.39, 0.29) is 31.9 Å². The van der Waals surface area contributed by atoms with Gasteiger partial charge in [0.15, 0.2) is 0 Å². The van der Waals surface area contributed by atoms with Gasteiger partial charge in [0, 0.05) is 37.9 Å². The topological polar surface area (TPSA) is 87.2 Å². The van der Waals surface area contributed by atoms with Gasteiger partial charge in [0.2, 0.25) is 5.88 Å². The van der Waals surface area contributed by atoms with Crippen LogP contribution < -0.4 is 15.0 Å². The Labute approximate surface area is 205 Å². The molecule has 1 aromatic carbocycles. The van der Waals surface area contributed by atoms with E-state index in [1.807, 2.05) is 11.0 Å². The molecule has 2 fully saturated rings. The highest BCUT2D eigenvalue weighted by molar-refractivity contribution is 5.91. The van der Waals surface area contributed by atoms with Crippen molar-refractivity contribution >= 4 is 17.4 Å². The summed E-state index contributed by atoms with van der Waals surface area (Å²) in [5.74, 6) is -1.94. The van der Waals surface area contributed by atoms with Crippen molar-refractivity contribution in [2.75, 3.05) is 62.8 Å². The number of aliphatic hydroxyl groups is 1. The monoisotopic (exact) mass is 512 g/mol. The van der Waals surface area contributed by atoms with Gasteiger partial charge in [0.1, 0.15) is 18.1 Å². The van der Waals surface area contributed by atoms with Crippen molar-refractivity contribution in [2.24, 2.45) is 5.92 Å². The van der Waals surface area contributed by atoms with E-state index in [1.165, 1.54) is 12.1 Å². The first kappa shape index (κ1) is 26.0. The number of carbonyl (C=O) groups excluding carboxylic acids is 1. The first-order valence-corrected chi connectivity index (χ1v) is 11.7. The second-order valence-corrected chi connectivity index (χ2v) is 8.77. The van der Waals surface area contributed by atoms with Gasteiger partial charge in [-0.2, -0.15) is 13.2 Å². The van der Waals surface area contributed by atoms with Crippen molar-refractivity contribution in [3.05, 3.63) is 35.8 Å². The lowest BCUT2D eigenvalue weighted by Crippen LogP contribution is -2.36. The average Bonchev–Trinajstić information content (AvgIpc) is 3.36. The first-order chi connectivity index (χ1) is 17.2. The number of hydrogen-bond donors (Lipinski definition) is 2. The minimum absolute atomic E-state index is 0.0571. The molecule has 0 saturated carbocycles. The van der Waals surface area contributed by atoms with E-state index >= 15 is 0 Å². The fourth-order valence-corrected chi connectivity index (χ4v) is 4.36. The number of aliphatic hydroxyl groups excluding tert-OH is 1. The average molecular weight is 513 g/mol. The second-order valence-electron chi connectivity index (χ2n) is 8.77. The first-order valence-electron chi connectivity index (χ1n) is 11.7. The van der Waals surface area contributed by atoms with Crippen LogP contribution in [0.15, 0.2) is 24.4 Å². The lowest BCUT2D eigenvalue weighted by atomic mass is 10.00. The highest BCUT2D eigenvalue weighted by atomic mass is 19.4. The zero-order chi connectivity index (χ0) is 25.9. The maximum atomic E-state index is 14.7. The van der Waals surface area contributed by atoms with E-state index in [0.717, 1.165) is 4.90 Å². The van der Waals surface area contributed by atoms with Gasteiger partial charge in [0.25, 0.3) is 0 Å². The molecule has 2 amide bonds. The highest BCUT2D eigenvalue weighted by Crippen LogP contribution is 2.36. The molecule has 2 aliphatic rings. The van der Waals surface area contributed by atoms with Crippen molar-refractivity contribution in [1.29, 1.82) is 0 Å². The summed E-state index contributed by atoms with van der Waals surface area (Å²) >= 11 is 0. The van der Waals surface area contributed by atoms with Gasteiger partial charge in [-0.05, 0) is 42.7 Å². The number of ether oxygens (including phenoxy) is 2. The predicted octanol–water partition coefficient (Wildman–Crippen LogP) is 3.82. The van der Waals surface area contributed by atoms with E-state index in [9.17, 15) is 22.4 Å². The van der Waals surface area contributed by atoms with E-state index in [4.69, 9.17) is 14.6 Å². The molecule has 8 nitrogen and oxygen atoms in total. The van der Waals surface area contributed by atoms with Crippen LogP contribution in [0.4, 0.5) is 33.7 Å². The summed E-state index contributed by atoms with van der Waals surface area (Å²) in [7, 11) is 0. The molecular formula is C24H28F4N4O4. The quantitative estimate of drug-likeness (QED) is 0.573. The number of halogens is 4.